The van der Waals surface area contributed by atoms with Crippen molar-refractivity contribution in [1.82, 2.24) is 9.78 Å². The molecule has 2 aromatic rings. The van der Waals surface area contributed by atoms with E-state index < -0.39 is 0 Å². The van der Waals surface area contributed by atoms with Crippen molar-refractivity contribution in [2.45, 2.75) is 39.2 Å². The maximum atomic E-state index is 12.8. The Balaban J connectivity index is 2.03. The quantitative estimate of drug-likeness (QED) is 0.798. The van der Waals surface area contributed by atoms with Crippen LogP contribution in [0, 0.1) is 0 Å². The van der Waals surface area contributed by atoms with Gasteiger partial charge in [-0.3, -0.25) is 9.48 Å². The van der Waals surface area contributed by atoms with Gasteiger partial charge in [0.15, 0.2) is 0 Å². The predicted octanol–water partition coefficient (Wildman–Crippen LogP) is 3.95. The molecule has 1 heterocycles. The molecule has 0 unspecified atom stereocenters. The summed E-state index contributed by atoms with van der Waals surface area (Å²) in [6.45, 7) is 4.05. The van der Waals surface area contributed by atoms with E-state index in [1.165, 1.54) is 17.5 Å². The smallest absolute Gasteiger partial charge is 0.212 e. The van der Waals surface area contributed by atoms with Crippen molar-refractivity contribution in [3.8, 4) is 0 Å². The minimum Gasteiger partial charge on any atom is -0.287 e. The SMILES string of the molecule is CC(C)n1ncc(Br)c1C(=O)c1ccc2c(c1)CCC2. The van der Waals surface area contributed by atoms with E-state index in [1.54, 1.807) is 10.9 Å². The molecule has 1 aliphatic rings. The maximum absolute atomic E-state index is 12.8. The Bertz CT molecular complexity index is 673. The topological polar surface area (TPSA) is 34.9 Å². The average molecular weight is 333 g/mol. The van der Waals surface area contributed by atoms with Crippen molar-refractivity contribution in [3.05, 3.63) is 51.3 Å². The molecule has 1 aromatic heterocycles. The van der Waals surface area contributed by atoms with Gasteiger partial charge in [0.25, 0.3) is 0 Å². The van der Waals surface area contributed by atoms with Crippen LogP contribution in [0.1, 0.15) is 53.5 Å². The Morgan fingerprint density at radius 2 is 2.05 bits per heavy atom. The van der Waals surface area contributed by atoms with Crippen molar-refractivity contribution in [2.75, 3.05) is 0 Å². The number of fused-ring (bicyclic) bond motifs is 1. The number of halogens is 1. The first kappa shape index (κ1) is 13.6. The molecule has 1 aliphatic carbocycles. The van der Waals surface area contributed by atoms with E-state index in [0.29, 0.717) is 5.69 Å². The molecule has 0 N–H and O–H groups in total. The second-order valence-electron chi connectivity index (χ2n) is 5.55. The average Bonchev–Trinajstić information content (AvgIpc) is 3.03. The van der Waals surface area contributed by atoms with Crippen LogP contribution >= 0.6 is 15.9 Å². The molecule has 0 spiro atoms. The van der Waals surface area contributed by atoms with Gasteiger partial charge in [0.05, 0.1) is 10.7 Å². The number of ketones is 1. The summed E-state index contributed by atoms with van der Waals surface area (Å²) in [5.41, 5.74) is 4.10. The summed E-state index contributed by atoms with van der Waals surface area (Å²) < 4.78 is 2.54. The number of hydrogen-bond donors (Lipinski definition) is 0. The van der Waals surface area contributed by atoms with Gasteiger partial charge in [-0.05, 0) is 66.2 Å². The molecule has 1 aromatic carbocycles. The maximum Gasteiger partial charge on any atom is 0.212 e. The fourth-order valence-electron chi connectivity index (χ4n) is 2.80. The van der Waals surface area contributed by atoms with Crippen LogP contribution in [0.15, 0.2) is 28.9 Å². The summed E-state index contributed by atoms with van der Waals surface area (Å²) in [5, 5.41) is 4.28. The summed E-state index contributed by atoms with van der Waals surface area (Å²) in [4.78, 5) is 12.8. The van der Waals surface area contributed by atoms with E-state index in [-0.39, 0.29) is 11.8 Å². The van der Waals surface area contributed by atoms with Gasteiger partial charge < -0.3 is 0 Å². The molecule has 0 radical (unpaired) electrons. The lowest BCUT2D eigenvalue weighted by atomic mass is 10.0. The zero-order valence-electron chi connectivity index (χ0n) is 11.7. The minimum absolute atomic E-state index is 0.0396. The lowest BCUT2D eigenvalue weighted by Gasteiger charge is -2.11. The van der Waals surface area contributed by atoms with Gasteiger partial charge in [0.1, 0.15) is 5.69 Å². The lowest BCUT2D eigenvalue weighted by Crippen LogP contribution is -2.14. The Hall–Kier alpha value is -1.42. The van der Waals surface area contributed by atoms with Crippen LogP contribution in [0.3, 0.4) is 0 Å². The first-order chi connectivity index (χ1) is 9.58. The van der Waals surface area contributed by atoms with E-state index in [0.717, 1.165) is 22.9 Å². The Morgan fingerprint density at radius 3 is 2.80 bits per heavy atom. The number of carbonyl (C=O) groups excluding carboxylic acids is 1. The molecule has 0 atom stereocenters. The van der Waals surface area contributed by atoms with Crippen LogP contribution in [0.25, 0.3) is 0 Å². The summed E-state index contributed by atoms with van der Waals surface area (Å²) >= 11 is 3.44. The molecular weight excluding hydrogens is 316 g/mol. The zero-order valence-corrected chi connectivity index (χ0v) is 13.3. The van der Waals surface area contributed by atoms with Crippen molar-refractivity contribution >= 4 is 21.7 Å². The summed E-state index contributed by atoms with van der Waals surface area (Å²) in [7, 11) is 0. The molecular formula is C16H17BrN2O. The monoisotopic (exact) mass is 332 g/mol. The molecule has 104 valence electrons. The van der Waals surface area contributed by atoms with E-state index in [1.807, 2.05) is 19.9 Å². The molecule has 0 saturated heterocycles. The van der Waals surface area contributed by atoms with Gasteiger partial charge in [0, 0.05) is 11.6 Å². The number of hydrogen-bond acceptors (Lipinski definition) is 2. The third kappa shape index (κ3) is 2.22. The van der Waals surface area contributed by atoms with Crippen LogP contribution in [-0.2, 0) is 12.8 Å². The second-order valence-corrected chi connectivity index (χ2v) is 6.40. The number of benzene rings is 1. The normalized spacial score (nSPS) is 13.8. The van der Waals surface area contributed by atoms with Crippen LogP contribution in [0.4, 0.5) is 0 Å². The van der Waals surface area contributed by atoms with Gasteiger partial charge in [-0.25, -0.2) is 0 Å². The molecule has 0 aliphatic heterocycles. The highest BCUT2D eigenvalue weighted by atomic mass is 79.9. The predicted molar refractivity (Wildman–Crippen MR) is 82.2 cm³/mol. The third-order valence-corrected chi connectivity index (χ3v) is 4.40. The molecule has 0 amide bonds. The van der Waals surface area contributed by atoms with Crippen molar-refractivity contribution in [1.29, 1.82) is 0 Å². The molecule has 3 nitrogen and oxygen atoms in total. The van der Waals surface area contributed by atoms with Crippen molar-refractivity contribution in [3.63, 3.8) is 0 Å². The Morgan fingerprint density at radius 1 is 1.30 bits per heavy atom. The number of carbonyl (C=O) groups is 1. The first-order valence-electron chi connectivity index (χ1n) is 6.97. The second kappa shape index (κ2) is 5.17. The Labute approximate surface area is 127 Å². The molecule has 0 saturated carbocycles. The largest absolute Gasteiger partial charge is 0.287 e. The van der Waals surface area contributed by atoms with Gasteiger partial charge in [-0.15, -0.1) is 0 Å². The summed E-state index contributed by atoms with van der Waals surface area (Å²) in [6.07, 6.45) is 5.11. The fraction of sp³-hybridized carbons (Fsp3) is 0.375. The van der Waals surface area contributed by atoms with Crippen molar-refractivity contribution < 1.29 is 4.79 Å². The number of rotatable bonds is 3. The first-order valence-corrected chi connectivity index (χ1v) is 7.76. The van der Waals surface area contributed by atoms with Gasteiger partial charge >= 0.3 is 0 Å². The standard InChI is InChI=1S/C16H17BrN2O/c1-10(2)19-15(14(17)9-18-19)16(20)13-7-6-11-4-3-5-12(11)8-13/h6-10H,3-5H2,1-2H3. The van der Waals surface area contributed by atoms with Gasteiger partial charge in [0.2, 0.25) is 5.78 Å². The molecule has 3 rings (SSSR count). The fourth-order valence-corrected chi connectivity index (χ4v) is 3.25. The summed E-state index contributed by atoms with van der Waals surface area (Å²) in [5.74, 6) is 0.0396. The van der Waals surface area contributed by atoms with Crippen molar-refractivity contribution in [2.24, 2.45) is 0 Å². The van der Waals surface area contributed by atoms with Gasteiger partial charge in [-0.2, -0.15) is 5.10 Å². The number of nitrogens with zero attached hydrogens (tertiary/aromatic N) is 2. The molecule has 0 bridgehead atoms. The number of aromatic nitrogens is 2. The van der Waals surface area contributed by atoms with E-state index in [9.17, 15) is 4.79 Å². The highest BCUT2D eigenvalue weighted by Gasteiger charge is 2.22. The molecule has 0 fully saturated rings. The zero-order chi connectivity index (χ0) is 14.3. The summed E-state index contributed by atoms with van der Waals surface area (Å²) in [6, 6.07) is 6.25. The highest BCUT2D eigenvalue weighted by Crippen LogP contribution is 2.26. The van der Waals surface area contributed by atoms with Crippen LogP contribution < -0.4 is 0 Å². The van der Waals surface area contributed by atoms with E-state index >= 15 is 0 Å². The molecule has 20 heavy (non-hydrogen) atoms. The Kier molecular flexibility index (Phi) is 3.50. The third-order valence-electron chi connectivity index (χ3n) is 3.82. The number of aryl methyl sites for hydroxylation is 2. The van der Waals surface area contributed by atoms with E-state index in [2.05, 4.69) is 33.2 Å². The van der Waals surface area contributed by atoms with Crippen LogP contribution in [0.2, 0.25) is 0 Å². The highest BCUT2D eigenvalue weighted by molar-refractivity contribution is 9.10. The van der Waals surface area contributed by atoms with Gasteiger partial charge in [-0.1, -0.05) is 12.1 Å². The minimum atomic E-state index is 0.0396. The molecule has 4 heteroatoms. The van der Waals surface area contributed by atoms with Crippen LogP contribution in [-0.4, -0.2) is 15.6 Å². The van der Waals surface area contributed by atoms with E-state index in [4.69, 9.17) is 0 Å². The van der Waals surface area contributed by atoms with Crippen LogP contribution in [0.5, 0.6) is 0 Å². The lowest BCUT2D eigenvalue weighted by molar-refractivity contribution is 0.102.